The van der Waals surface area contributed by atoms with E-state index in [0.717, 1.165) is 19.3 Å². The van der Waals surface area contributed by atoms with Crippen molar-refractivity contribution >= 4 is 23.2 Å². The lowest BCUT2D eigenvalue weighted by atomic mass is 10.1. The molecule has 1 aromatic carbocycles. The van der Waals surface area contributed by atoms with Crippen molar-refractivity contribution < 1.29 is 14.5 Å². The Morgan fingerprint density at radius 2 is 1.93 bits per heavy atom. The summed E-state index contributed by atoms with van der Waals surface area (Å²) in [5.74, 6) is 0.0772. The lowest BCUT2D eigenvalue weighted by Crippen LogP contribution is -2.36. The highest BCUT2D eigenvalue weighted by atomic mass is 16.6. The number of nitro benzene ring substituents is 1. The highest BCUT2D eigenvalue weighted by molar-refractivity contribution is 5.96. The Hall–Kier alpha value is -2.64. The normalized spacial score (nSPS) is 17.6. The Morgan fingerprint density at radius 1 is 1.19 bits per heavy atom. The monoisotopic (exact) mass is 374 g/mol. The molecule has 27 heavy (non-hydrogen) atoms. The third kappa shape index (κ3) is 4.56. The Morgan fingerprint density at radius 3 is 2.56 bits per heavy atom. The number of nitro groups is 1. The first-order chi connectivity index (χ1) is 12.9. The highest BCUT2D eigenvalue weighted by Gasteiger charge is 2.34. The van der Waals surface area contributed by atoms with E-state index in [1.807, 2.05) is 23.6 Å². The van der Waals surface area contributed by atoms with Crippen molar-refractivity contribution in [2.75, 3.05) is 31.1 Å². The summed E-state index contributed by atoms with van der Waals surface area (Å²) in [6, 6.07) is 4.56. The standard InChI is InChI=1S/C19H26N4O4/c1-13(2)20-18(24)15-6-7-16(17(12-15)23(26)27)21-8-3-9-22(11-10-21)19(25)14-4-5-14/h6-7,12-14H,3-5,8-11H2,1-2H3,(H,20,24). The van der Waals surface area contributed by atoms with Gasteiger partial charge in [0, 0.05) is 49.8 Å². The molecular weight excluding hydrogens is 348 g/mol. The maximum atomic E-state index is 12.3. The topological polar surface area (TPSA) is 95.8 Å². The Bertz CT molecular complexity index is 745. The van der Waals surface area contributed by atoms with Crippen LogP contribution in [-0.4, -0.2) is 53.9 Å². The van der Waals surface area contributed by atoms with Crippen molar-refractivity contribution in [3.05, 3.63) is 33.9 Å². The van der Waals surface area contributed by atoms with Gasteiger partial charge in [0.25, 0.3) is 11.6 Å². The molecule has 8 heteroatoms. The van der Waals surface area contributed by atoms with E-state index in [1.54, 1.807) is 12.1 Å². The first-order valence-corrected chi connectivity index (χ1v) is 9.50. The molecule has 146 valence electrons. The molecule has 1 saturated heterocycles. The maximum Gasteiger partial charge on any atom is 0.293 e. The van der Waals surface area contributed by atoms with Gasteiger partial charge in [-0.05, 0) is 45.2 Å². The summed E-state index contributed by atoms with van der Waals surface area (Å²) in [5, 5.41) is 14.3. The Kier molecular flexibility index (Phi) is 5.62. The molecule has 1 aliphatic carbocycles. The summed E-state index contributed by atoms with van der Waals surface area (Å²) in [5.41, 5.74) is 0.703. The van der Waals surface area contributed by atoms with Gasteiger partial charge in [-0.2, -0.15) is 0 Å². The number of benzene rings is 1. The van der Waals surface area contributed by atoms with Crippen LogP contribution in [0.4, 0.5) is 11.4 Å². The third-order valence-corrected chi connectivity index (χ3v) is 4.93. The smallest absolute Gasteiger partial charge is 0.293 e. The summed E-state index contributed by atoms with van der Waals surface area (Å²) in [6.45, 7) is 6.14. The summed E-state index contributed by atoms with van der Waals surface area (Å²) >= 11 is 0. The van der Waals surface area contributed by atoms with Crippen molar-refractivity contribution in [2.45, 2.75) is 39.2 Å². The minimum atomic E-state index is -0.445. The number of nitrogens with zero attached hydrogens (tertiary/aromatic N) is 3. The summed E-state index contributed by atoms with van der Waals surface area (Å²) in [6.07, 6.45) is 2.72. The molecule has 2 aliphatic rings. The van der Waals surface area contributed by atoms with Gasteiger partial charge in [-0.3, -0.25) is 19.7 Å². The molecule has 0 bridgehead atoms. The Labute approximate surface area is 158 Å². The zero-order valence-corrected chi connectivity index (χ0v) is 15.8. The molecule has 2 amide bonds. The number of anilines is 1. The second-order valence-corrected chi connectivity index (χ2v) is 7.53. The molecule has 3 rings (SSSR count). The number of hydrogen-bond acceptors (Lipinski definition) is 5. The number of carbonyl (C=O) groups excluding carboxylic acids is 2. The molecule has 1 aliphatic heterocycles. The Balaban J connectivity index is 1.77. The van der Waals surface area contributed by atoms with Crippen LogP contribution in [0.25, 0.3) is 0 Å². The highest BCUT2D eigenvalue weighted by Crippen LogP contribution is 2.33. The van der Waals surface area contributed by atoms with Crippen LogP contribution < -0.4 is 10.2 Å². The second kappa shape index (κ2) is 7.94. The van der Waals surface area contributed by atoms with Crippen molar-refractivity contribution in [1.29, 1.82) is 0 Å². The fourth-order valence-electron chi connectivity index (χ4n) is 3.39. The van der Waals surface area contributed by atoms with Gasteiger partial charge in [-0.1, -0.05) is 0 Å². The summed E-state index contributed by atoms with van der Waals surface area (Å²) in [7, 11) is 0. The van der Waals surface area contributed by atoms with Crippen LogP contribution in [-0.2, 0) is 4.79 Å². The molecular formula is C19H26N4O4. The fraction of sp³-hybridized carbons (Fsp3) is 0.579. The number of hydrogen-bond donors (Lipinski definition) is 1. The molecule has 8 nitrogen and oxygen atoms in total. The molecule has 0 unspecified atom stereocenters. The van der Waals surface area contributed by atoms with Crippen LogP contribution in [0, 0.1) is 16.0 Å². The van der Waals surface area contributed by atoms with Crippen LogP contribution in [0.2, 0.25) is 0 Å². The molecule has 1 N–H and O–H groups in total. The molecule has 0 aromatic heterocycles. The molecule has 0 spiro atoms. The first kappa shape index (κ1) is 19.1. The lowest BCUT2D eigenvalue weighted by Gasteiger charge is -2.24. The van der Waals surface area contributed by atoms with Crippen LogP contribution in [0.5, 0.6) is 0 Å². The predicted molar refractivity (Wildman–Crippen MR) is 102 cm³/mol. The van der Waals surface area contributed by atoms with Gasteiger partial charge < -0.3 is 15.1 Å². The van der Waals surface area contributed by atoms with Gasteiger partial charge in [-0.15, -0.1) is 0 Å². The van der Waals surface area contributed by atoms with E-state index in [9.17, 15) is 19.7 Å². The van der Waals surface area contributed by atoms with Crippen LogP contribution in [0.3, 0.4) is 0 Å². The van der Waals surface area contributed by atoms with Crippen molar-refractivity contribution in [1.82, 2.24) is 10.2 Å². The third-order valence-electron chi connectivity index (χ3n) is 4.93. The van der Waals surface area contributed by atoms with Crippen LogP contribution >= 0.6 is 0 Å². The molecule has 1 saturated carbocycles. The van der Waals surface area contributed by atoms with Gasteiger partial charge in [0.2, 0.25) is 5.91 Å². The first-order valence-electron chi connectivity index (χ1n) is 9.50. The van der Waals surface area contributed by atoms with Crippen LogP contribution in [0.15, 0.2) is 18.2 Å². The molecule has 0 radical (unpaired) electrons. The number of amides is 2. The van der Waals surface area contributed by atoms with Gasteiger partial charge in [-0.25, -0.2) is 0 Å². The molecule has 2 fully saturated rings. The largest absolute Gasteiger partial charge is 0.364 e. The zero-order valence-electron chi connectivity index (χ0n) is 15.8. The lowest BCUT2D eigenvalue weighted by molar-refractivity contribution is -0.384. The molecule has 1 heterocycles. The van der Waals surface area contributed by atoms with Gasteiger partial charge >= 0.3 is 0 Å². The van der Waals surface area contributed by atoms with E-state index in [1.165, 1.54) is 6.07 Å². The number of rotatable bonds is 5. The average molecular weight is 374 g/mol. The zero-order chi connectivity index (χ0) is 19.6. The van der Waals surface area contributed by atoms with E-state index in [0.29, 0.717) is 31.9 Å². The van der Waals surface area contributed by atoms with E-state index in [2.05, 4.69) is 5.32 Å². The van der Waals surface area contributed by atoms with Crippen molar-refractivity contribution in [3.8, 4) is 0 Å². The maximum absolute atomic E-state index is 12.3. The van der Waals surface area contributed by atoms with Crippen molar-refractivity contribution in [2.24, 2.45) is 5.92 Å². The number of nitrogens with one attached hydrogen (secondary N) is 1. The van der Waals surface area contributed by atoms with Gasteiger partial charge in [0.05, 0.1) is 4.92 Å². The number of carbonyl (C=O) groups is 2. The summed E-state index contributed by atoms with van der Waals surface area (Å²) < 4.78 is 0. The van der Waals surface area contributed by atoms with E-state index < -0.39 is 4.92 Å². The van der Waals surface area contributed by atoms with E-state index in [4.69, 9.17) is 0 Å². The van der Waals surface area contributed by atoms with E-state index in [-0.39, 0.29) is 35.0 Å². The SMILES string of the molecule is CC(C)NC(=O)c1ccc(N2CCCN(C(=O)C3CC3)CC2)c([N+](=O)[O-])c1. The van der Waals surface area contributed by atoms with Crippen molar-refractivity contribution in [3.63, 3.8) is 0 Å². The molecule has 1 aromatic rings. The van der Waals surface area contributed by atoms with Gasteiger partial charge in [0.15, 0.2) is 0 Å². The van der Waals surface area contributed by atoms with E-state index >= 15 is 0 Å². The fourth-order valence-corrected chi connectivity index (χ4v) is 3.39. The quantitative estimate of drug-likeness (QED) is 0.629. The van der Waals surface area contributed by atoms with Crippen LogP contribution in [0.1, 0.15) is 43.5 Å². The average Bonchev–Trinajstić information content (AvgIpc) is 3.46. The minimum Gasteiger partial charge on any atom is -0.364 e. The minimum absolute atomic E-state index is 0.0446. The second-order valence-electron chi connectivity index (χ2n) is 7.53. The van der Waals surface area contributed by atoms with Gasteiger partial charge in [0.1, 0.15) is 5.69 Å². The summed E-state index contributed by atoms with van der Waals surface area (Å²) in [4.78, 5) is 39.4. The predicted octanol–water partition coefficient (Wildman–Crippen LogP) is 2.18. The molecule has 0 atom stereocenters.